The number of sulfonamides is 1. The summed E-state index contributed by atoms with van der Waals surface area (Å²) >= 11 is 0. The van der Waals surface area contributed by atoms with Crippen LogP contribution in [0.4, 0.5) is 4.79 Å². The normalized spacial score (nSPS) is 19.9. The molecule has 0 heterocycles. The van der Waals surface area contributed by atoms with E-state index in [9.17, 15) is 13.2 Å². The van der Waals surface area contributed by atoms with Crippen molar-refractivity contribution in [2.75, 3.05) is 0 Å². The number of amides is 2. The number of carbonyl (C=O) groups excluding carboxylic acids is 1. The fourth-order valence-electron chi connectivity index (χ4n) is 2.52. The van der Waals surface area contributed by atoms with Gasteiger partial charge in [-0.3, -0.25) is 0 Å². The number of carbonyl (C=O) groups is 1. The van der Waals surface area contributed by atoms with E-state index >= 15 is 0 Å². The Kier molecular flexibility index (Phi) is 4.09. The van der Waals surface area contributed by atoms with Gasteiger partial charge >= 0.3 is 6.03 Å². The van der Waals surface area contributed by atoms with E-state index < -0.39 is 16.1 Å². The highest BCUT2D eigenvalue weighted by Crippen LogP contribution is 2.40. The summed E-state index contributed by atoms with van der Waals surface area (Å²) in [5, 5.41) is 2.71. The smallest absolute Gasteiger partial charge is 0.328 e. The number of hydrogen-bond donors (Lipinski definition) is 2. The van der Waals surface area contributed by atoms with Crippen LogP contribution >= 0.6 is 0 Å². The van der Waals surface area contributed by atoms with Gasteiger partial charge in [-0.15, -0.1) is 0 Å². The van der Waals surface area contributed by atoms with Crippen molar-refractivity contribution in [1.82, 2.24) is 10.0 Å². The molecule has 2 aromatic rings. The Bertz CT molecular complexity index is 801. The van der Waals surface area contributed by atoms with Crippen molar-refractivity contribution in [1.29, 1.82) is 0 Å². The van der Waals surface area contributed by atoms with Crippen molar-refractivity contribution >= 4 is 16.1 Å². The predicted molar refractivity (Wildman–Crippen MR) is 87.6 cm³/mol. The molecule has 2 atom stereocenters. The lowest BCUT2D eigenvalue weighted by Crippen LogP contribution is -2.40. The molecular formula is C17H18N2O3S. The molecule has 2 aromatic carbocycles. The van der Waals surface area contributed by atoms with Crippen LogP contribution in [0.3, 0.4) is 0 Å². The van der Waals surface area contributed by atoms with Gasteiger partial charge in [-0.1, -0.05) is 48.0 Å². The van der Waals surface area contributed by atoms with Crippen molar-refractivity contribution < 1.29 is 13.2 Å². The zero-order chi connectivity index (χ0) is 16.4. The quantitative estimate of drug-likeness (QED) is 0.904. The molecule has 0 radical (unpaired) electrons. The molecule has 1 aliphatic carbocycles. The third-order valence-corrected chi connectivity index (χ3v) is 5.24. The molecule has 0 bridgehead atoms. The number of hydrogen-bond acceptors (Lipinski definition) is 3. The summed E-state index contributed by atoms with van der Waals surface area (Å²) in [4.78, 5) is 12.0. The standard InChI is InChI=1S/C17H18N2O3S/c1-12-7-9-14(10-8-12)23(21,22)19-17(20)18-16-11-15(16)13-5-3-2-4-6-13/h2-10,15-16H,11H2,1H3,(H2,18,19,20). The van der Waals surface area contributed by atoms with Gasteiger partial charge in [0.2, 0.25) is 0 Å². The van der Waals surface area contributed by atoms with E-state index in [1.54, 1.807) is 12.1 Å². The van der Waals surface area contributed by atoms with Crippen molar-refractivity contribution in [2.24, 2.45) is 0 Å². The van der Waals surface area contributed by atoms with Crippen LogP contribution < -0.4 is 10.0 Å². The van der Waals surface area contributed by atoms with Crippen LogP contribution in [0.2, 0.25) is 0 Å². The molecule has 1 fully saturated rings. The van der Waals surface area contributed by atoms with E-state index in [0.29, 0.717) is 0 Å². The summed E-state index contributed by atoms with van der Waals surface area (Å²) in [6, 6.07) is 15.5. The van der Waals surface area contributed by atoms with Crippen molar-refractivity contribution in [3.05, 3.63) is 65.7 Å². The van der Waals surface area contributed by atoms with E-state index in [-0.39, 0.29) is 16.9 Å². The van der Waals surface area contributed by atoms with Crippen molar-refractivity contribution in [3.63, 3.8) is 0 Å². The molecule has 2 amide bonds. The summed E-state index contributed by atoms with van der Waals surface area (Å²) in [5.74, 6) is 0.254. The van der Waals surface area contributed by atoms with Crippen LogP contribution in [-0.4, -0.2) is 20.5 Å². The van der Waals surface area contributed by atoms with Crippen LogP contribution in [0.5, 0.6) is 0 Å². The van der Waals surface area contributed by atoms with Crippen molar-refractivity contribution in [3.8, 4) is 0 Å². The molecule has 6 heteroatoms. The van der Waals surface area contributed by atoms with Crippen LogP contribution in [0.25, 0.3) is 0 Å². The number of aryl methyl sites for hydroxylation is 1. The van der Waals surface area contributed by atoms with Crippen LogP contribution in [0, 0.1) is 6.92 Å². The molecule has 5 nitrogen and oxygen atoms in total. The number of rotatable bonds is 4. The predicted octanol–water partition coefficient (Wildman–Crippen LogP) is 2.54. The van der Waals surface area contributed by atoms with Gasteiger partial charge in [-0.2, -0.15) is 0 Å². The summed E-state index contributed by atoms with van der Waals surface area (Å²) < 4.78 is 26.3. The average molecular weight is 330 g/mol. The molecule has 0 aromatic heterocycles. The largest absolute Gasteiger partial charge is 0.334 e. The van der Waals surface area contributed by atoms with Crippen LogP contribution in [-0.2, 0) is 10.0 Å². The first kappa shape index (κ1) is 15.6. The Balaban J connectivity index is 1.59. The third-order valence-electron chi connectivity index (χ3n) is 3.89. The average Bonchev–Trinajstić information content (AvgIpc) is 3.27. The maximum atomic E-state index is 12.1. The number of nitrogens with one attached hydrogen (secondary N) is 2. The summed E-state index contributed by atoms with van der Waals surface area (Å²) in [7, 11) is -3.84. The monoisotopic (exact) mass is 330 g/mol. The summed E-state index contributed by atoms with van der Waals surface area (Å²) in [6.07, 6.45) is 0.821. The molecule has 1 saturated carbocycles. The van der Waals surface area contributed by atoms with Crippen LogP contribution in [0.1, 0.15) is 23.5 Å². The second kappa shape index (κ2) is 6.04. The second-order valence-corrected chi connectivity index (χ2v) is 7.43. The lowest BCUT2D eigenvalue weighted by Gasteiger charge is -2.09. The fraction of sp³-hybridized carbons (Fsp3) is 0.235. The molecule has 0 aliphatic heterocycles. The van der Waals surface area contributed by atoms with E-state index in [1.807, 2.05) is 37.3 Å². The van der Waals surface area contributed by atoms with Gasteiger partial charge < -0.3 is 5.32 Å². The number of urea groups is 1. The first-order valence-corrected chi connectivity index (χ1v) is 8.89. The third kappa shape index (κ3) is 3.71. The second-order valence-electron chi connectivity index (χ2n) is 5.75. The molecule has 2 unspecified atom stereocenters. The minimum absolute atomic E-state index is 0.0226. The SMILES string of the molecule is Cc1ccc(S(=O)(=O)NC(=O)NC2CC2c2ccccc2)cc1. The minimum Gasteiger partial charge on any atom is -0.334 e. The molecule has 23 heavy (non-hydrogen) atoms. The molecule has 0 spiro atoms. The highest BCUT2D eigenvalue weighted by atomic mass is 32.2. The fourth-order valence-corrected chi connectivity index (χ4v) is 3.43. The van der Waals surface area contributed by atoms with Gasteiger partial charge in [0.1, 0.15) is 0 Å². The Labute approximate surface area is 135 Å². The number of benzene rings is 2. The zero-order valence-corrected chi connectivity index (χ0v) is 13.5. The molecule has 2 N–H and O–H groups in total. The van der Waals surface area contributed by atoms with Gasteiger partial charge in [0.15, 0.2) is 0 Å². The van der Waals surface area contributed by atoms with Gasteiger partial charge in [-0.05, 0) is 31.0 Å². The zero-order valence-electron chi connectivity index (χ0n) is 12.7. The topological polar surface area (TPSA) is 75.3 Å². The maximum Gasteiger partial charge on any atom is 0.328 e. The Morgan fingerprint density at radius 2 is 1.70 bits per heavy atom. The Hall–Kier alpha value is -2.34. The maximum absolute atomic E-state index is 12.1. The minimum atomic E-state index is -3.84. The first-order valence-electron chi connectivity index (χ1n) is 7.40. The Morgan fingerprint density at radius 1 is 1.04 bits per heavy atom. The van der Waals surface area contributed by atoms with E-state index in [0.717, 1.165) is 17.5 Å². The summed E-state index contributed by atoms with van der Waals surface area (Å²) in [5.41, 5.74) is 2.11. The highest BCUT2D eigenvalue weighted by molar-refractivity contribution is 7.90. The molecular weight excluding hydrogens is 312 g/mol. The van der Waals surface area contributed by atoms with Gasteiger partial charge in [0, 0.05) is 12.0 Å². The lowest BCUT2D eigenvalue weighted by molar-refractivity contribution is 0.245. The summed E-state index contributed by atoms with van der Waals surface area (Å²) in [6.45, 7) is 1.87. The van der Waals surface area contributed by atoms with Crippen LogP contribution in [0.15, 0.2) is 59.5 Å². The van der Waals surface area contributed by atoms with E-state index in [4.69, 9.17) is 0 Å². The van der Waals surface area contributed by atoms with Gasteiger partial charge in [-0.25, -0.2) is 17.9 Å². The molecule has 1 aliphatic rings. The van der Waals surface area contributed by atoms with E-state index in [2.05, 4.69) is 10.0 Å². The lowest BCUT2D eigenvalue weighted by atomic mass is 10.1. The molecule has 3 rings (SSSR count). The van der Waals surface area contributed by atoms with Crippen molar-refractivity contribution in [2.45, 2.75) is 30.2 Å². The molecule has 120 valence electrons. The molecule has 0 saturated heterocycles. The highest BCUT2D eigenvalue weighted by Gasteiger charge is 2.39. The first-order chi connectivity index (χ1) is 11.0. The Morgan fingerprint density at radius 3 is 2.35 bits per heavy atom. The van der Waals surface area contributed by atoms with E-state index in [1.165, 1.54) is 12.1 Å². The van der Waals surface area contributed by atoms with Gasteiger partial charge in [0.05, 0.1) is 4.90 Å². The van der Waals surface area contributed by atoms with Gasteiger partial charge in [0.25, 0.3) is 10.0 Å².